The number of aromatic nitrogens is 4. The molecule has 1 saturated heterocycles. The highest BCUT2D eigenvalue weighted by molar-refractivity contribution is 7.99. The van der Waals surface area contributed by atoms with Gasteiger partial charge in [0, 0.05) is 17.4 Å². The zero-order valence-corrected chi connectivity index (χ0v) is 19.8. The van der Waals surface area contributed by atoms with Crippen LogP contribution in [0.25, 0.3) is 11.4 Å². The molecule has 1 aliphatic heterocycles. The third-order valence-corrected chi connectivity index (χ3v) is 7.32. The van der Waals surface area contributed by atoms with Crippen LogP contribution >= 0.6 is 34.7 Å². The van der Waals surface area contributed by atoms with E-state index in [1.807, 2.05) is 0 Å². The van der Waals surface area contributed by atoms with Gasteiger partial charge in [0.2, 0.25) is 0 Å². The fourth-order valence-electron chi connectivity index (χ4n) is 3.59. The van der Waals surface area contributed by atoms with Crippen LogP contribution in [-0.2, 0) is 15.7 Å². The van der Waals surface area contributed by atoms with Gasteiger partial charge < -0.3 is 25.4 Å². The van der Waals surface area contributed by atoms with Gasteiger partial charge in [0.1, 0.15) is 41.2 Å². The molecule has 5 atom stereocenters. The number of benzene rings is 1. The third kappa shape index (κ3) is 5.03. The Morgan fingerprint density at radius 1 is 1.35 bits per heavy atom. The number of aliphatic hydroxyl groups excluding tert-OH is 2. The minimum atomic E-state index is -4.58. The van der Waals surface area contributed by atoms with Crippen LogP contribution in [-0.4, -0.2) is 67.7 Å². The highest BCUT2D eigenvalue weighted by Gasteiger charge is 2.47. The summed E-state index contributed by atoms with van der Waals surface area (Å²) in [6.45, 7) is -0.511. The SMILES string of the molecule is COC1[C@@H](Sc2ccc(C(F)(F)F)c(Cl)c2)OC(CO)[C@H](O)[C@@H]1n1cc(-c2csc(N)n2)nn1. The number of nitrogens with zero attached hydrogens (tertiary/aromatic N) is 4. The number of methoxy groups -OCH3 is 1. The second-order valence-corrected chi connectivity index (χ2v) is 9.79. The van der Waals surface area contributed by atoms with Crippen molar-refractivity contribution in [1.29, 1.82) is 0 Å². The summed E-state index contributed by atoms with van der Waals surface area (Å²) in [7, 11) is 1.40. The smallest absolute Gasteiger partial charge is 0.394 e. The van der Waals surface area contributed by atoms with Gasteiger partial charge in [0.05, 0.1) is 23.4 Å². The van der Waals surface area contributed by atoms with Gasteiger partial charge in [0.25, 0.3) is 0 Å². The molecule has 3 heterocycles. The fraction of sp³-hybridized carbons (Fsp3) is 0.421. The van der Waals surface area contributed by atoms with Gasteiger partial charge in [-0.15, -0.1) is 16.4 Å². The Morgan fingerprint density at radius 2 is 2.12 bits per heavy atom. The third-order valence-electron chi connectivity index (χ3n) is 5.20. The van der Waals surface area contributed by atoms with Crippen molar-refractivity contribution in [3.05, 3.63) is 40.4 Å². The molecule has 9 nitrogen and oxygen atoms in total. The first-order valence-corrected chi connectivity index (χ1v) is 11.9. The van der Waals surface area contributed by atoms with E-state index in [0.717, 1.165) is 17.8 Å². The zero-order valence-electron chi connectivity index (χ0n) is 17.4. The molecule has 3 aromatic rings. The van der Waals surface area contributed by atoms with Crippen molar-refractivity contribution in [3.8, 4) is 11.4 Å². The van der Waals surface area contributed by atoms with Crippen LogP contribution in [0.3, 0.4) is 0 Å². The maximum absolute atomic E-state index is 13.0. The summed E-state index contributed by atoms with van der Waals surface area (Å²) >= 11 is 8.13. The van der Waals surface area contributed by atoms with E-state index in [4.69, 9.17) is 26.8 Å². The fourth-order valence-corrected chi connectivity index (χ4v) is 5.70. The zero-order chi connectivity index (χ0) is 24.6. The molecule has 0 saturated carbocycles. The number of hydrogen-bond donors (Lipinski definition) is 3. The number of aliphatic hydroxyl groups is 2. The topological polar surface area (TPSA) is 129 Å². The van der Waals surface area contributed by atoms with Gasteiger partial charge in [-0.1, -0.05) is 28.6 Å². The number of ether oxygens (including phenoxy) is 2. The Morgan fingerprint density at radius 3 is 2.71 bits per heavy atom. The van der Waals surface area contributed by atoms with E-state index in [9.17, 15) is 23.4 Å². The van der Waals surface area contributed by atoms with Crippen LogP contribution < -0.4 is 5.73 Å². The lowest BCUT2D eigenvalue weighted by Gasteiger charge is -2.43. The van der Waals surface area contributed by atoms with Crippen LogP contribution in [0.1, 0.15) is 11.6 Å². The molecule has 2 aromatic heterocycles. The predicted octanol–water partition coefficient (Wildman–Crippen LogP) is 3.08. The summed E-state index contributed by atoms with van der Waals surface area (Å²) in [5.74, 6) is 0. The van der Waals surface area contributed by atoms with Crippen LogP contribution in [0.4, 0.5) is 18.3 Å². The standard InChI is InChI=1S/C19H19ClF3N5O4S2/c1-31-16-14(28-5-11(26-27-28)12-7-33-18(24)25-12)15(30)13(6-29)32-17(16)34-8-2-3-9(10(20)4-8)19(21,22)23/h2-5,7,13-17,29-30H,6H2,1H3,(H2,24,25)/t13?,14-,15-,16?,17+/m0/s1. The molecule has 184 valence electrons. The Bertz CT molecular complexity index is 1150. The number of nitrogens with two attached hydrogens (primary N) is 1. The molecule has 1 fully saturated rings. The number of hydrogen-bond acceptors (Lipinski definition) is 10. The van der Waals surface area contributed by atoms with E-state index >= 15 is 0 Å². The molecule has 0 radical (unpaired) electrons. The van der Waals surface area contributed by atoms with Gasteiger partial charge in [-0.05, 0) is 18.2 Å². The first-order chi connectivity index (χ1) is 16.1. The van der Waals surface area contributed by atoms with Gasteiger partial charge in [0.15, 0.2) is 5.13 Å². The maximum atomic E-state index is 13.0. The average Bonchev–Trinajstić information content (AvgIpc) is 3.42. The molecule has 1 aromatic carbocycles. The lowest BCUT2D eigenvalue weighted by molar-refractivity contribution is -0.186. The normalized spacial score (nSPS) is 25.6. The lowest BCUT2D eigenvalue weighted by atomic mass is 9.97. The summed E-state index contributed by atoms with van der Waals surface area (Å²) in [6.07, 6.45) is -6.08. The molecule has 0 amide bonds. The number of nitrogen functional groups attached to an aromatic ring is 1. The number of rotatable bonds is 6. The first kappa shape index (κ1) is 25.2. The monoisotopic (exact) mass is 537 g/mol. The average molecular weight is 538 g/mol. The Kier molecular flexibility index (Phi) is 7.38. The quantitative estimate of drug-likeness (QED) is 0.434. The van der Waals surface area contributed by atoms with Gasteiger partial charge in [-0.25, -0.2) is 9.67 Å². The molecule has 4 rings (SSSR count). The maximum Gasteiger partial charge on any atom is 0.417 e. The Labute approximate surface area is 204 Å². The number of thioether (sulfide) groups is 1. The van der Waals surface area contributed by atoms with E-state index in [0.29, 0.717) is 21.4 Å². The predicted molar refractivity (Wildman–Crippen MR) is 119 cm³/mol. The summed E-state index contributed by atoms with van der Waals surface area (Å²) in [6, 6.07) is 2.49. The number of anilines is 1. The van der Waals surface area contributed by atoms with E-state index in [2.05, 4.69) is 15.3 Å². The highest BCUT2D eigenvalue weighted by Crippen LogP contribution is 2.42. The summed E-state index contributed by atoms with van der Waals surface area (Å²) in [5, 5.41) is 30.4. The van der Waals surface area contributed by atoms with Crippen molar-refractivity contribution in [2.75, 3.05) is 19.5 Å². The van der Waals surface area contributed by atoms with E-state index in [1.165, 1.54) is 35.3 Å². The molecule has 1 aliphatic rings. The highest BCUT2D eigenvalue weighted by atomic mass is 35.5. The van der Waals surface area contributed by atoms with Crippen LogP contribution in [0, 0.1) is 0 Å². The van der Waals surface area contributed by atoms with E-state index in [-0.39, 0.29) is 0 Å². The lowest BCUT2D eigenvalue weighted by Crippen LogP contribution is -2.55. The van der Waals surface area contributed by atoms with Gasteiger partial charge in [-0.2, -0.15) is 13.2 Å². The number of alkyl halides is 3. The molecule has 15 heteroatoms. The van der Waals surface area contributed by atoms with Crippen LogP contribution in [0.2, 0.25) is 5.02 Å². The molecular formula is C19H19ClF3N5O4S2. The van der Waals surface area contributed by atoms with E-state index in [1.54, 1.807) is 11.6 Å². The largest absolute Gasteiger partial charge is 0.417 e. The van der Waals surface area contributed by atoms with Crippen molar-refractivity contribution < 1.29 is 32.9 Å². The van der Waals surface area contributed by atoms with E-state index < -0.39 is 53.2 Å². The molecular weight excluding hydrogens is 519 g/mol. The number of halogens is 4. The first-order valence-electron chi connectivity index (χ1n) is 9.76. The minimum Gasteiger partial charge on any atom is -0.394 e. The molecule has 0 spiro atoms. The van der Waals surface area contributed by atoms with Crippen LogP contribution in [0.5, 0.6) is 0 Å². The summed E-state index contributed by atoms with van der Waals surface area (Å²) in [4.78, 5) is 4.54. The van der Waals surface area contributed by atoms with Crippen molar-refractivity contribution in [1.82, 2.24) is 20.0 Å². The van der Waals surface area contributed by atoms with Crippen LogP contribution in [0.15, 0.2) is 34.7 Å². The van der Waals surface area contributed by atoms with Crippen molar-refractivity contribution in [2.24, 2.45) is 0 Å². The molecule has 34 heavy (non-hydrogen) atoms. The van der Waals surface area contributed by atoms with Gasteiger partial charge in [-0.3, -0.25) is 0 Å². The van der Waals surface area contributed by atoms with Crippen molar-refractivity contribution in [2.45, 2.75) is 40.9 Å². The minimum absolute atomic E-state index is 0.359. The second kappa shape index (κ2) is 9.97. The Balaban J connectivity index is 1.63. The molecule has 0 aliphatic carbocycles. The van der Waals surface area contributed by atoms with Gasteiger partial charge >= 0.3 is 6.18 Å². The summed E-state index contributed by atoms with van der Waals surface area (Å²) in [5.41, 5.74) is 4.82. The summed E-state index contributed by atoms with van der Waals surface area (Å²) < 4.78 is 52.0. The van der Waals surface area contributed by atoms with Crippen molar-refractivity contribution in [3.63, 3.8) is 0 Å². The molecule has 0 bridgehead atoms. The second-order valence-electron chi connectivity index (χ2n) is 7.32. The number of thiazole rings is 1. The Hall–Kier alpha value is -1.94. The molecule has 2 unspecified atom stereocenters. The molecule has 4 N–H and O–H groups in total. The van der Waals surface area contributed by atoms with Crippen molar-refractivity contribution >= 4 is 39.8 Å².